The van der Waals surface area contributed by atoms with Crippen molar-refractivity contribution in [2.75, 3.05) is 12.4 Å². The Hall–Kier alpha value is -2.83. The monoisotopic (exact) mass is 259 g/mol. The zero-order chi connectivity index (χ0) is 13.6. The van der Waals surface area contributed by atoms with Crippen LogP contribution in [-0.4, -0.2) is 17.0 Å². The molecular weight excluding hydrogens is 250 g/mol. The second-order valence-corrected chi connectivity index (χ2v) is 4.05. The summed E-state index contributed by atoms with van der Waals surface area (Å²) in [5, 5.41) is 14.7. The molecule has 0 saturated carbocycles. The number of nitrogens with zero attached hydrogens (tertiary/aromatic N) is 1. The summed E-state index contributed by atoms with van der Waals surface area (Å²) in [4.78, 5) is 24.7. The van der Waals surface area contributed by atoms with Gasteiger partial charge in [0, 0.05) is 17.7 Å². The highest BCUT2D eigenvalue weighted by Gasteiger charge is 2.25. The number of methoxy groups -OCH3 is 1. The van der Waals surface area contributed by atoms with Gasteiger partial charge in [-0.05, 0) is 17.7 Å². The number of pyridine rings is 1. The van der Waals surface area contributed by atoms with E-state index in [1.54, 1.807) is 18.3 Å². The fraction of sp³-hybridized carbons (Fsp3) is 0.0833. The van der Waals surface area contributed by atoms with Crippen molar-refractivity contribution >= 4 is 28.4 Å². The first-order valence-corrected chi connectivity index (χ1v) is 5.47. The third-order valence-corrected chi connectivity index (χ3v) is 2.99. The molecule has 0 fully saturated rings. The lowest BCUT2D eigenvalue weighted by Gasteiger charge is -2.15. The van der Waals surface area contributed by atoms with Gasteiger partial charge in [-0.3, -0.25) is 14.9 Å². The van der Waals surface area contributed by atoms with Crippen molar-refractivity contribution in [3.8, 4) is 5.75 Å². The van der Waals surface area contributed by atoms with Gasteiger partial charge in [-0.15, -0.1) is 0 Å². The van der Waals surface area contributed by atoms with Crippen molar-refractivity contribution in [3.05, 3.63) is 44.4 Å². The molecule has 1 aromatic carbocycles. The minimum absolute atomic E-state index is 0.117. The highest BCUT2D eigenvalue weighted by atomic mass is 16.6. The molecule has 7 nitrogen and oxygen atoms in total. The first-order valence-electron chi connectivity index (χ1n) is 5.47. The number of H-pyrrole nitrogens is 1. The van der Waals surface area contributed by atoms with Crippen LogP contribution in [0.2, 0.25) is 0 Å². The van der Waals surface area contributed by atoms with E-state index < -0.39 is 10.5 Å². The molecule has 0 radical (unpaired) electrons. The van der Waals surface area contributed by atoms with Crippen molar-refractivity contribution in [2.24, 2.45) is 0 Å². The maximum atomic E-state index is 11.6. The molecule has 0 spiro atoms. The molecule has 0 unspecified atom stereocenters. The number of nitrogens with one attached hydrogen (secondary N) is 2. The van der Waals surface area contributed by atoms with E-state index in [1.165, 1.54) is 13.2 Å². The third kappa shape index (κ3) is 1.55. The number of hydrogen-bond acceptors (Lipinski definition) is 5. The Morgan fingerprint density at radius 3 is 2.84 bits per heavy atom. The predicted molar refractivity (Wildman–Crippen MR) is 70.4 cm³/mol. The second-order valence-electron chi connectivity index (χ2n) is 4.05. The first-order chi connectivity index (χ1) is 9.11. The van der Waals surface area contributed by atoms with Crippen LogP contribution in [-0.2, 0) is 0 Å². The molecule has 3 rings (SSSR count). The lowest BCUT2D eigenvalue weighted by Crippen LogP contribution is -2.10. The molecule has 96 valence electrons. The van der Waals surface area contributed by atoms with E-state index in [-0.39, 0.29) is 17.0 Å². The van der Waals surface area contributed by atoms with Gasteiger partial charge in [0.25, 0.3) is 5.56 Å². The molecule has 2 heterocycles. The summed E-state index contributed by atoms with van der Waals surface area (Å²) in [5.41, 5.74) is 0.813. The van der Waals surface area contributed by atoms with Crippen molar-refractivity contribution in [2.45, 2.75) is 0 Å². The molecule has 1 aliphatic rings. The van der Waals surface area contributed by atoms with E-state index in [9.17, 15) is 14.9 Å². The number of ether oxygens (including phenoxy) is 1. The topological polar surface area (TPSA) is 97.3 Å². The van der Waals surface area contributed by atoms with Crippen molar-refractivity contribution in [1.82, 2.24) is 4.98 Å². The Labute approximate surface area is 106 Å². The Kier molecular flexibility index (Phi) is 2.28. The van der Waals surface area contributed by atoms with Crippen LogP contribution in [0.5, 0.6) is 5.75 Å². The molecule has 0 saturated heterocycles. The van der Waals surface area contributed by atoms with Gasteiger partial charge in [0.05, 0.1) is 17.7 Å². The standard InChI is InChI=1S/C12H9N3O4/c1-19-8-4-6-2-3-13-7-5-9(16)14-11(10(6)7)12(8)15(17)18/h2-5,13H,1H3,(H,14,16). The van der Waals surface area contributed by atoms with E-state index in [0.29, 0.717) is 11.1 Å². The van der Waals surface area contributed by atoms with Crippen LogP contribution < -0.4 is 15.6 Å². The zero-order valence-electron chi connectivity index (χ0n) is 9.89. The van der Waals surface area contributed by atoms with E-state index >= 15 is 0 Å². The van der Waals surface area contributed by atoms with Gasteiger partial charge in [0.15, 0.2) is 5.75 Å². The lowest BCUT2D eigenvalue weighted by atomic mass is 10.0. The third-order valence-electron chi connectivity index (χ3n) is 2.99. The van der Waals surface area contributed by atoms with Crippen LogP contribution in [0.4, 0.5) is 11.4 Å². The molecule has 1 aromatic heterocycles. The fourth-order valence-electron chi connectivity index (χ4n) is 2.25. The van der Waals surface area contributed by atoms with Crippen LogP contribution in [0.15, 0.2) is 23.1 Å². The zero-order valence-corrected chi connectivity index (χ0v) is 9.89. The normalized spacial score (nSPS) is 12.3. The summed E-state index contributed by atoms with van der Waals surface area (Å²) in [6.45, 7) is 0. The van der Waals surface area contributed by atoms with Crippen molar-refractivity contribution in [1.29, 1.82) is 0 Å². The lowest BCUT2D eigenvalue weighted by molar-refractivity contribution is -0.384. The van der Waals surface area contributed by atoms with Crippen LogP contribution >= 0.6 is 0 Å². The van der Waals surface area contributed by atoms with E-state index in [1.807, 2.05) is 0 Å². The van der Waals surface area contributed by atoms with Crippen LogP contribution in [0.25, 0.3) is 17.0 Å². The maximum absolute atomic E-state index is 11.6. The number of aromatic amines is 1. The molecule has 1 aliphatic heterocycles. The first kappa shape index (κ1) is 11.3. The number of rotatable bonds is 2. The highest BCUT2D eigenvalue weighted by molar-refractivity contribution is 6.05. The van der Waals surface area contributed by atoms with Gasteiger partial charge in [-0.1, -0.05) is 0 Å². The molecule has 0 bridgehead atoms. The smallest absolute Gasteiger partial charge is 0.334 e. The minimum atomic E-state index is -0.560. The Balaban J connectivity index is 2.57. The number of hydrogen-bond donors (Lipinski definition) is 2. The number of benzene rings is 1. The average Bonchev–Trinajstić information content (AvgIpc) is 2.37. The number of nitro groups is 1. The summed E-state index contributed by atoms with van der Waals surface area (Å²) in [7, 11) is 1.35. The Morgan fingerprint density at radius 2 is 2.16 bits per heavy atom. The maximum Gasteiger partial charge on any atom is 0.334 e. The summed E-state index contributed by atoms with van der Waals surface area (Å²) >= 11 is 0. The van der Waals surface area contributed by atoms with Crippen molar-refractivity contribution < 1.29 is 9.66 Å². The van der Waals surface area contributed by atoms with Gasteiger partial charge in [-0.2, -0.15) is 0 Å². The van der Waals surface area contributed by atoms with E-state index in [4.69, 9.17) is 4.74 Å². The molecule has 2 aromatic rings. The largest absolute Gasteiger partial charge is 0.490 e. The molecule has 2 N–H and O–H groups in total. The van der Waals surface area contributed by atoms with Gasteiger partial charge in [-0.25, -0.2) is 0 Å². The SMILES string of the molecule is COc1cc2c3c(cc(=O)[nH]c3c1[N+](=O)[O-])NC=C2. The molecule has 7 heteroatoms. The Morgan fingerprint density at radius 1 is 1.37 bits per heavy atom. The van der Waals surface area contributed by atoms with Crippen LogP contribution in [0, 0.1) is 10.1 Å². The highest BCUT2D eigenvalue weighted by Crippen LogP contribution is 2.40. The summed E-state index contributed by atoms with van der Waals surface area (Å²) < 4.78 is 5.04. The number of anilines is 1. The molecule has 0 atom stereocenters. The molecule has 19 heavy (non-hydrogen) atoms. The second kappa shape index (κ2) is 3.84. The van der Waals surface area contributed by atoms with E-state index in [0.717, 1.165) is 5.56 Å². The minimum Gasteiger partial charge on any atom is -0.490 e. The summed E-state index contributed by atoms with van der Waals surface area (Å²) in [5.74, 6) is 0.117. The summed E-state index contributed by atoms with van der Waals surface area (Å²) in [6, 6.07) is 2.95. The average molecular weight is 259 g/mol. The molecule has 0 aliphatic carbocycles. The number of aromatic nitrogens is 1. The summed E-state index contributed by atoms with van der Waals surface area (Å²) in [6.07, 6.45) is 3.43. The van der Waals surface area contributed by atoms with Gasteiger partial charge in [0.1, 0.15) is 5.52 Å². The fourth-order valence-corrected chi connectivity index (χ4v) is 2.25. The van der Waals surface area contributed by atoms with Crippen LogP contribution in [0.3, 0.4) is 0 Å². The predicted octanol–water partition coefficient (Wildman–Crippen LogP) is 1.84. The quantitative estimate of drug-likeness (QED) is 0.633. The van der Waals surface area contributed by atoms with Crippen LogP contribution in [0.1, 0.15) is 5.56 Å². The molecule has 0 amide bonds. The van der Waals surface area contributed by atoms with Gasteiger partial charge < -0.3 is 15.0 Å². The van der Waals surface area contributed by atoms with Crippen molar-refractivity contribution in [3.63, 3.8) is 0 Å². The molecular formula is C12H9N3O4. The van der Waals surface area contributed by atoms with Gasteiger partial charge in [0.2, 0.25) is 0 Å². The number of nitro benzene ring substituents is 1. The van der Waals surface area contributed by atoms with E-state index in [2.05, 4.69) is 10.3 Å². The van der Waals surface area contributed by atoms with Gasteiger partial charge >= 0.3 is 5.69 Å². The Bertz CT molecular complexity index is 792.